The molecule has 1 saturated carbocycles. The minimum atomic E-state index is 0. The average Bonchev–Trinajstić information content (AvgIpc) is 2.29. The molecule has 0 spiro atoms. The molecule has 1 aliphatic heterocycles. The largest absolute Gasteiger partial charge is 0.312 e. The lowest BCUT2D eigenvalue weighted by Gasteiger charge is -2.37. The third kappa shape index (κ3) is 4.76. The molecule has 0 bridgehead atoms. The van der Waals surface area contributed by atoms with Crippen LogP contribution < -0.4 is 5.32 Å². The summed E-state index contributed by atoms with van der Waals surface area (Å²) in [7, 11) is 0. The maximum atomic E-state index is 3.53. The molecule has 0 aromatic rings. The zero-order valence-corrected chi connectivity index (χ0v) is 12.3. The van der Waals surface area contributed by atoms with Crippen LogP contribution >= 0.6 is 12.4 Å². The molecule has 2 unspecified atom stereocenters. The van der Waals surface area contributed by atoms with Crippen molar-refractivity contribution in [3.63, 3.8) is 0 Å². The quantitative estimate of drug-likeness (QED) is 0.840. The summed E-state index contributed by atoms with van der Waals surface area (Å²) >= 11 is 0. The van der Waals surface area contributed by atoms with Gasteiger partial charge in [0.2, 0.25) is 0 Å². The van der Waals surface area contributed by atoms with Gasteiger partial charge in [-0.1, -0.05) is 26.2 Å². The molecular weight excluding hydrogens is 232 g/mol. The van der Waals surface area contributed by atoms with Gasteiger partial charge >= 0.3 is 0 Å². The Balaban J connectivity index is 0.00000144. The van der Waals surface area contributed by atoms with Crippen LogP contribution in [0, 0.1) is 11.8 Å². The smallest absolute Gasteiger partial charge is 0.0167 e. The van der Waals surface area contributed by atoms with E-state index in [0.29, 0.717) is 6.04 Å². The second kappa shape index (κ2) is 7.60. The van der Waals surface area contributed by atoms with Crippen molar-refractivity contribution in [3.8, 4) is 0 Å². The topological polar surface area (TPSA) is 15.3 Å². The molecule has 0 amide bonds. The number of hydrogen-bond acceptors (Lipinski definition) is 2. The van der Waals surface area contributed by atoms with E-state index in [-0.39, 0.29) is 12.4 Å². The van der Waals surface area contributed by atoms with E-state index >= 15 is 0 Å². The lowest BCUT2D eigenvalue weighted by atomic mass is 9.80. The first-order valence-electron chi connectivity index (χ1n) is 7.23. The third-order valence-electron chi connectivity index (χ3n) is 4.44. The molecule has 0 aromatic heterocycles. The van der Waals surface area contributed by atoms with Crippen molar-refractivity contribution in [3.05, 3.63) is 0 Å². The zero-order valence-electron chi connectivity index (χ0n) is 11.5. The van der Waals surface area contributed by atoms with Crippen molar-refractivity contribution in [1.82, 2.24) is 10.2 Å². The first-order chi connectivity index (χ1) is 7.78. The summed E-state index contributed by atoms with van der Waals surface area (Å²) in [6.45, 7) is 9.74. The van der Waals surface area contributed by atoms with Gasteiger partial charge in [0.15, 0.2) is 0 Å². The van der Waals surface area contributed by atoms with Gasteiger partial charge in [0, 0.05) is 32.2 Å². The van der Waals surface area contributed by atoms with Gasteiger partial charge < -0.3 is 10.2 Å². The molecule has 0 radical (unpaired) electrons. The van der Waals surface area contributed by atoms with Crippen LogP contribution in [0.15, 0.2) is 0 Å². The SMILES string of the molecule is CCC1CCCC(CN2CCN[C@H](C)C2)C1.Cl. The van der Waals surface area contributed by atoms with Crippen molar-refractivity contribution in [1.29, 1.82) is 0 Å². The predicted molar refractivity (Wildman–Crippen MR) is 76.9 cm³/mol. The lowest BCUT2D eigenvalue weighted by Crippen LogP contribution is -2.50. The Bertz CT molecular complexity index is 210. The van der Waals surface area contributed by atoms with Crippen molar-refractivity contribution < 1.29 is 0 Å². The van der Waals surface area contributed by atoms with Crippen LogP contribution in [-0.4, -0.2) is 37.1 Å². The Morgan fingerprint density at radius 1 is 1.24 bits per heavy atom. The van der Waals surface area contributed by atoms with E-state index in [0.717, 1.165) is 11.8 Å². The van der Waals surface area contributed by atoms with Crippen molar-refractivity contribution in [2.75, 3.05) is 26.2 Å². The highest BCUT2D eigenvalue weighted by Gasteiger charge is 2.24. The summed E-state index contributed by atoms with van der Waals surface area (Å²) in [4.78, 5) is 2.68. The summed E-state index contributed by atoms with van der Waals surface area (Å²) in [6, 6.07) is 0.694. The molecular formula is C14H29ClN2. The number of hydrogen-bond donors (Lipinski definition) is 1. The molecule has 102 valence electrons. The molecule has 17 heavy (non-hydrogen) atoms. The molecule has 2 aliphatic rings. The Hall–Kier alpha value is 0.210. The molecule has 1 heterocycles. The maximum absolute atomic E-state index is 3.53. The molecule has 2 rings (SSSR count). The fraction of sp³-hybridized carbons (Fsp3) is 1.00. The lowest BCUT2D eigenvalue weighted by molar-refractivity contribution is 0.143. The van der Waals surface area contributed by atoms with E-state index < -0.39 is 0 Å². The Morgan fingerprint density at radius 2 is 2.00 bits per heavy atom. The normalized spacial score (nSPS) is 35.3. The second-order valence-corrected chi connectivity index (χ2v) is 5.92. The minimum absolute atomic E-state index is 0. The van der Waals surface area contributed by atoms with Gasteiger partial charge in [0.1, 0.15) is 0 Å². The zero-order chi connectivity index (χ0) is 11.4. The van der Waals surface area contributed by atoms with Crippen molar-refractivity contribution >= 4 is 12.4 Å². The van der Waals surface area contributed by atoms with E-state index in [2.05, 4.69) is 24.1 Å². The summed E-state index contributed by atoms with van der Waals surface area (Å²) in [5, 5.41) is 3.53. The van der Waals surface area contributed by atoms with Crippen LogP contribution in [-0.2, 0) is 0 Å². The first kappa shape index (κ1) is 15.3. The Labute approximate surface area is 113 Å². The molecule has 1 saturated heterocycles. The average molecular weight is 261 g/mol. The van der Waals surface area contributed by atoms with Crippen LogP contribution in [0.25, 0.3) is 0 Å². The number of nitrogens with one attached hydrogen (secondary N) is 1. The van der Waals surface area contributed by atoms with Crippen LogP contribution in [0.1, 0.15) is 46.0 Å². The number of nitrogens with zero attached hydrogens (tertiary/aromatic N) is 1. The van der Waals surface area contributed by atoms with Crippen LogP contribution in [0.4, 0.5) is 0 Å². The van der Waals surface area contributed by atoms with Gasteiger partial charge in [-0.2, -0.15) is 0 Å². The first-order valence-corrected chi connectivity index (χ1v) is 7.23. The summed E-state index contributed by atoms with van der Waals surface area (Å²) < 4.78 is 0. The van der Waals surface area contributed by atoms with E-state index in [1.807, 2.05) is 0 Å². The Kier molecular flexibility index (Phi) is 6.83. The molecule has 3 heteroatoms. The van der Waals surface area contributed by atoms with Crippen LogP contribution in [0.5, 0.6) is 0 Å². The van der Waals surface area contributed by atoms with E-state index in [1.165, 1.54) is 58.3 Å². The Morgan fingerprint density at radius 3 is 2.71 bits per heavy atom. The molecule has 1 N–H and O–H groups in total. The fourth-order valence-corrected chi connectivity index (χ4v) is 3.48. The molecule has 1 aliphatic carbocycles. The number of halogens is 1. The molecule has 2 fully saturated rings. The van der Waals surface area contributed by atoms with Gasteiger partial charge in [-0.3, -0.25) is 0 Å². The third-order valence-corrected chi connectivity index (χ3v) is 4.44. The monoisotopic (exact) mass is 260 g/mol. The number of rotatable bonds is 3. The van der Waals surface area contributed by atoms with Crippen LogP contribution in [0.2, 0.25) is 0 Å². The summed E-state index contributed by atoms with van der Waals surface area (Å²) in [6.07, 6.45) is 7.34. The molecule has 2 nitrogen and oxygen atoms in total. The predicted octanol–water partition coefficient (Wildman–Crippen LogP) is 2.92. The molecule has 3 atom stereocenters. The summed E-state index contributed by atoms with van der Waals surface area (Å²) in [5.41, 5.74) is 0. The van der Waals surface area contributed by atoms with Crippen molar-refractivity contribution in [2.24, 2.45) is 11.8 Å². The highest BCUT2D eigenvalue weighted by molar-refractivity contribution is 5.85. The highest BCUT2D eigenvalue weighted by Crippen LogP contribution is 2.31. The highest BCUT2D eigenvalue weighted by atomic mass is 35.5. The minimum Gasteiger partial charge on any atom is -0.312 e. The van der Waals surface area contributed by atoms with Gasteiger partial charge in [0.25, 0.3) is 0 Å². The van der Waals surface area contributed by atoms with Gasteiger partial charge in [-0.25, -0.2) is 0 Å². The van der Waals surface area contributed by atoms with Gasteiger partial charge in [0.05, 0.1) is 0 Å². The second-order valence-electron chi connectivity index (χ2n) is 5.92. The number of piperazine rings is 1. The molecule has 0 aromatic carbocycles. The fourth-order valence-electron chi connectivity index (χ4n) is 3.48. The standard InChI is InChI=1S/C14H28N2.ClH/c1-3-13-5-4-6-14(9-13)11-16-8-7-15-12(2)10-16;/h12-15H,3-11H2,1-2H3;1H/t12-,13?,14?;/m1./s1. The maximum Gasteiger partial charge on any atom is 0.0167 e. The van der Waals surface area contributed by atoms with Crippen molar-refractivity contribution in [2.45, 2.75) is 52.0 Å². The summed E-state index contributed by atoms with van der Waals surface area (Å²) in [5.74, 6) is 2.02. The van der Waals surface area contributed by atoms with Gasteiger partial charge in [-0.05, 0) is 31.6 Å². The van der Waals surface area contributed by atoms with Gasteiger partial charge in [-0.15, -0.1) is 12.4 Å². The van der Waals surface area contributed by atoms with E-state index in [9.17, 15) is 0 Å². The van der Waals surface area contributed by atoms with E-state index in [1.54, 1.807) is 0 Å². The van der Waals surface area contributed by atoms with E-state index in [4.69, 9.17) is 0 Å². The van der Waals surface area contributed by atoms with Crippen LogP contribution in [0.3, 0.4) is 0 Å².